The number of rotatable bonds is 1. The minimum absolute atomic E-state index is 0.121. The standard InChI is InChI=1S/C11H18N2O3/c14-11(10-7-15-3-4-16-10)13-2-1-8-5-12-6-9(8)13/h8-10,12H,1-7H2/t8-,9+,10?/m0/s1. The molecule has 0 aliphatic carbocycles. The molecule has 5 nitrogen and oxygen atoms in total. The van der Waals surface area contributed by atoms with Gasteiger partial charge in [0.15, 0.2) is 6.10 Å². The Balaban J connectivity index is 1.65. The largest absolute Gasteiger partial charge is 0.376 e. The highest BCUT2D eigenvalue weighted by molar-refractivity contribution is 5.82. The van der Waals surface area contributed by atoms with E-state index in [2.05, 4.69) is 5.32 Å². The molecule has 1 amide bonds. The van der Waals surface area contributed by atoms with Crippen LogP contribution in [0.3, 0.4) is 0 Å². The summed E-state index contributed by atoms with van der Waals surface area (Å²) in [5.41, 5.74) is 0. The molecule has 0 saturated carbocycles. The van der Waals surface area contributed by atoms with Crippen LogP contribution in [0.4, 0.5) is 0 Å². The van der Waals surface area contributed by atoms with Crippen molar-refractivity contribution in [1.82, 2.24) is 10.2 Å². The third-order valence-corrected chi connectivity index (χ3v) is 3.82. The highest BCUT2D eigenvalue weighted by Crippen LogP contribution is 2.28. The molecule has 3 saturated heterocycles. The van der Waals surface area contributed by atoms with Crippen molar-refractivity contribution in [2.24, 2.45) is 5.92 Å². The number of likely N-dealkylation sites (tertiary alicyclic amines) is 1. The van der Waals surface area contributed by atoms with Crippen LogP contribution in [0.15, 0.2) is 0 Å². The first-order valence-corrected chi connectivity index (χ1v) is 6.07. The van der Waals surface area contributed by atoms with E-state index >= 15 is 0 Å². The monoisotopic (exact) mass is 226 g/mol. The summed E-state index contributed by atoms with van der Waals surface area (Å²) in [7, 11) is 0. The zero-order chi connectivity index (χ0) is 11.0. The minimum Gasteiger partial charge on any atom is -0.376 e. The molecule has 0 spiro atoms. The van der Waals surface area contributed by atoms with Gasteiger partial charge in [-0.2, -0.15) is 0 Å². The summed E-state index contributed by atoms with van der Waals surface area (Å²) in [4.78, 5) is 14.2. The lowest BCUT2D eigenvalue weighted by atomic mass is 10.1. The minimum atomic E-state index is -0.368. The van der Waals surface area contributed by atoms with Crippen LogP contribution in [0.5, 0.6) is 0 Å². The van der Waals surface area contributed by atoms with E-state index in [-0.39, 0.29) is 12.0 Å². The second-order valence-electron chi connectivity index (χ2n) is 4.74. The number of nitrogens with one attached hydrogen (secondary N) is 1. The summed E-state index contributed by atoms with van der Waals surface area (Å²) in [6, 6.07) is 0.387. The molecule has 1 unspecified atom stereocenters. The molecule has 3 aliphatic heterocycles. The maximum Gasteiger partial charge on any atom is 0.254 e. The number of amides is 1. The lowest BCUT2D eigenvalue weighted by Gasteiger charge is -2.30. The summed E-state index contributed by atoms with van der Waals surface area (Å²) in [6.07, 6.45) is 0.755. The molecule has 0 aromatic carbocycles. The van der Waals surface area contributed by atoms with Crippen molar-refractivity contribution in [3.63, 3.8) is 0 Å². The van der Waals surface area contributed by atoms with Crippen LogP contribution in [-0.4, -0.2) is 62.4 Å². The zero-order valence-corrected chi connectivity index (χ0v) is 9.35. The van der Waals surface area contributed by atoms with Gasteiger partial charge in [-0.3, -0.25) is 4.79 Å². The van der Waals surface area contributed by atoms with E-state index in [0.29, 0.717) is 31.8 Å². The van der Waals surface area contributed by atoms with Crippen LogP contribution in [0.1, 0.15) is 6.42 Å². The van der Waals surface area contributed by atoms with Gasteiger partial charge in [0.1, 0.15) is 0 Å². The number of carbonyl (C=O) groups is 1. The third kappa shape index (κ3) is 1.73. The topological polar surface area (TPSA) is 50.8 Å². The van der Waals surface area contributed by atoms with Crippen molar-refractivity contribution in [3.05, 3.63) is 0 Å². The van der Waals surface area contributed by atoms with Gasteiger partial charge in [-0.05, 0) is 12.3 Å². The number of fused-ring (bicyclic) bond motifs is 1. The first kappa shape index (κ1) is 10.5. The second-order valence-corrected chi connectivity index (χ2v) is 4.74. The molecule has 0 radical (unpaired) electrons. The van der Waals surface area contributed by atoms with Gasteiger partial charge in [-0.1, -0.05) is 0 Å². The summed E-state index contributed by atoms with van der Waals surface area (Å²) < 4.78 is 10.8. The summed E-state index contributed by atoms with van der Waals surface area (Å²) in [5.74, 6) is 0.768. The molecule has 16 heavy (non-hydrogen) atoms. The van der Waals surface area contributed by atoms with E-state index in [1.165, 1.54) is 0 Å². The van der Waals surface area contributed by atoms with E-state index in [9.17, 15) is 4.79 Å². The first-order valence-electron chi connectivity index (χ1n) is 6.07. The summed E-state index contributed by atoms with van der Waals surface area (Å²) in [6.45, 7) is 4.43. The average molecular weight is 226 g/mol. The van der Waals surface area contributed by atoms with Gasteiger partial charge in [0.25, 0.3) is 5.91 Å². The average Bonchev–Trinajstić information content (AvgIpc) is 2.91. The maximum absolute atomic E-state index is 12.2. The SMILES string of the molecule is O=C(C1COCCO1)N1CC[C@H]2CNC[C@H]21. The fourth-order valence-electron chi connectivity index (χ4n) is 2.94. The predicted molar refractivity (Wildman–Crippen MR) is 57.0 cm³/mol. The quantitative estimate of drug-likeness (QED) is 0.637. The fraction of sp³-hybridized carbons (Fsp3) is 0.909. The Kier molecular flexibility index (Phi) is 2.83. The van der Waals surface area contributed by atoms with Crippen LogP contribution in [0, 0.1) is 5.92 Å². The number of nitrogens with zero attached hydrogens (tertiary/aromatic N) is 1. The van der Waals surface area contributed by atoms with Crippen LogP contribution >= 0.6 is 0 Å². The van der Waals surface area contributed by atoms with E-state index in [1.54, 1.807) is 0 Å². The molecule has 3 rings (SSSR count). The Morgan fingerprint density at radius 2 is 2.25 bits per heavy atom. The molecule has 3 fully saturated rings. The number of hydrogen-bond donors (Lipinski definition) is 1. The highest BCUT2D eigenvalue weighted by atomic mass is 16.6. The number of ether oxygens (including phenoxy) is 2. The van der Waals surface area contributed by atoms with Crippen LogP contribution < -0.4 is 5.32 Å². The maximum atomic E-state index is 12.2. The van der Waals surface area contributed by atoms with Gasteiger partial charge in [0.05, 0.1) is 19.8 Å². The van der Waals surface area contributed by atoms with Crippen molar-refractivity contribution < 1.29 is 14.3 Å². The van der Waals surface area contributed by atoms with Crippen LogP contribution in [0.2, 0.25) is 0 Å². The van der Waals surface area contributed by atoms with Crippen molar-refractivity contribution in [3.8, 4) is 0 Å². The Morgan fingerprint density at radius 3 is 3.06 bits per heavy atom. The molecule has 90 valence electrons. The Labute approximate surface area is 95.1 Å². The van der Waals surface area contributed by atoms with Gasteiger partial charge in [-0.25, -0.2) is 0 Å². The van der Waals surface area contributed by atoms with E-state index < -0.39 is 0 Å². The first-order chi connectivity index (χ1) is 7.86. The Morgan fingerprint density at radius 1 is 1.31 bits per heavy atom. The molecule has 1 N–H and O–H groups in total. The van der Waals surface area contributed by atoms with Crippen molar-refractivity contribution in [2.75, 3.05) is 39.5 Å². The van der Waals surface area contributed by atoms with Crippen LogP contribution in [0.25, 0.3) is 0 Å². The summed E-state index contributed by atoms with van der Waals surface area (Å²) in [5, 5.41) is 3.35. The molecule has 0 aromatic rings. The lowest BCUT2D eigenvalue weighted by Crippen LogP contribution is -2.48. The van der Waals surface area contributed by atoms with E-state index in [1.807, 2.05) is 4.90 Å². The molecule has 5 heteroatoms. The van der Waals surface area contributed by atoms with Crippen molar-refractivity contribution in [1.29, 1.82) is 0 Å². The van der Waals surface area contributed by atoms with Gasteiger partial charge in [-0.15, -0.1) is 0 Å². The highest BCUT2D eigenvalue weighted by Gasteiger charge is 2.42. The molecule has 3 aliphatic rings. The van der Waals surface area contributed by atoms with Crippen molar-refractivity contribution in [2.45, 2.75) is 18.6 Å². The third-order valence-electron chi connectivity index (χ3n) is 3.82. The number of hydrogen-bond acceptors (Lipinski definition) is 4. The number of carbonyl (C=O) groups excluding carboxylic acids is 1. The smallest absolute Gasteiger partial charge is 0.254 e. The van der Waals surface area contributed by atoms with Gasteiger partial charge >= 0.3 is 0 Å². The second kappa shape index (κ2) is 4.31. The molecule has 3 heterocycles. The van der Waals surface area contributed by atoms with Gasteiger partial charge < -0.3 is 19.7 Å². The Hall–Kier alpha value is -0.650. The van der Waals surface area contributed by atoms with Crippen LogP contribution in [-0.2, 0) is 14.3 Å². The molecular weight excluding hydrogens is 208 g/mol. The molecule has 0 aromatic heterocycles. The normalized spacial score (nSPS) is 38.8. The Bertz CT molecular complexity index is 278. The van der Waals surface area contributed by atoms with E-state index in [0.717, 1.165) is 26.1 Å². The summed E-state index contributed by atoms with van der Waals surface area (Å²) >= 11 is 0. The molecule has 3 atom stereocenters. The van der Waals surface area contributed by atoms with E-state index in [4.69, 9.17) is 9.47 Å². The van der Waals surface area contributed by atoms with Crippen molar-refractivity contribution >= 4 is 5.91 Å². The zero-order valence-electron chi connectivity index (χ0n) is 9.35. The van der Waals surface area contributed by atoms with Gasteiger partial charge in [0.2, 0.25) is 0 Å². The fourth-order valence-corrected chi connectivity index (χ4v) is 2.94. The molecule has 0 bridgehead atoms. The lowest BCUT2D eigenvalue weighted by molar-refractivity contribution is -0.158. The van der Waals surface area contributed by atoms with Gasteiger partial charge in [0, 0.05) is 25.7 Å². The molecular formula is C11H18N2O3. The predicted octanol–water partition coefficient (Wildman–Crippen LogP) is -0.778.